The number of rotatable bonds is 4. The van der Waals surface area contributed by atoms with Crippen LogP contribution in [0.1, 0.15) is 16.8 Å². The molecule has 0 radical (unpaired) electrons. The van der Waals surface area contributed by atoms with Crippen LogP contribution in [0.2, 0.25) is 0 Å². The second kappa shape index (κ2) is 9.32. The van der Waals surface area contributed by atoms with Crippen LogP contribution in [-0.4, -0.2) is 42.1 Å². The minimum Gasteiger partial charge on any atom is -0.355 e. The standard InChI is InChI=1S/C22H22IN5O/c23-19-7-6-17(14-18(19)20-4-1-2-10-25-20)27-22(29)16-5-8-21(26-15-16)28-12-3-9-24-11-13-28/h1-2,4-8,10,14-15,24H,3,9,11-13H2,(H,27,29). The number of hydrogen-bond donors (Lipinski definition) is 2. The SMILES string of the molecule is O=C(Nc1ccc(I)c(-c2ccccn2)c1)c1ccc(N2CCCNCC2)nc1. The van der Waals surface area contributed by atoms with Gasteiger partial charge >= 0.3 is 0 Å². The highest BCUT2D eigenvalue weighted by molar-refractivity contribution is 14.1. The summed E-state index contributed by atoms with van der Waals surface area (Å²) in [7, 11) is 0. The molecular formula is C22H22IN5O. The number of benzene rings is 1. The van der Waals surface area contributed by atoms with Crippen molar-refractivity contribution >= 4 is 40.0 Å². The van der Waals surface area contributed by atoms with E-state index in [1.165, 1.54) is 0 Å². The van der Waals surface area contributed by atoms with Crippen molar-refractivity contribution in [1.82, 2.24) is 15.3 Å². The summed E-state index contributed by atoms with van der Waals surface area (Å²) in [6.07, 6.45) is 4.51. The molecule has 2 aromatic heterocycles. The van der Waals surface area contributed by atoms with E-state index in [9.17, 15) is 4.79 Å². The number of carbonyl (C=O) groups excluding carboxylic acids is 1. The van der Waals surface area contributed by atoms with E-state index in [1.807, 2.05) is 48.5 Å². The fourth-order valence-corrected chi connectivity index (χ4v) is 3.92. The van der Waals surface area contributed by atoms with Crippen molar-refractivity contribution in [2.75, 3.05) is 36.4 Å². The Bertz CT molecular complexity index is 970. The van der Waals surface area contributed by atoms with Crippen LogP contribution >= 0.6 is 22.6 Å². The van der Waals surface area contributed by atoms with E-state index in [4.69, 9.17) is 0 Å². The molecule has 1 aliphatic heterocycles. The normalized spacial score (nSPS) is 14.3. The Balaban J connectivity index is 1.48. The highest BCUT2D eigenvalue weighted by Gasteiger charge is 2.13. The largest absolute Gasteiger partial charge is 0.355 e. The Morgan fingerprint density at radius 2 is 2.00 bits per heavy atom. The van der Waals surface area contributed by atoms with E-state index in [0.29, 0.717) is 5.56 Å². The fourth-order valence-electron chi connectivity index (χ4n) is 3.31. The first-order chi connectivity index (χ1) is 14.2. The van der Waals surface area contributed by atoms with E-state index in [0.717, 1.165) is 58.9 Å². The molecule has 1 aromatic carbocycles. The van der Waals surface area contributed by atoms with Crippen LogP contribution in [0.25, 0.3) is 11.3 Å². The van der Waals surface area contributed by atoms with Crippen molar-refractivity contribution in [3.8, 4) is 11.3 Å². The molecule has 0 bridgehead atoms. The maximum Gasteiger partial charge on any atom is 0.257 e. The van der Waals surface area contributed by atoms with Gasteiger partial charge in [-0.25, -0.2) is 4.98 Å². The number of carbonyl (C=O) groups is 1. The van der Waals surface area contributed by atoms with Crippen LogP contribution in [0.15, 0.2) is 60.9 Å². The molecule has 1 saturated heterocycles. The minimum atomic E-state index is -0.172. The molecule has 7 heteroatoms. The molecule has 0 spiro atoms. The average molecular weight is 499 g/mol. The van der Waals surface area contributed by atoms with Gasteiger partial charge in [0.25, 0.3) is 5.91 Å². The number of hydrogen-bond acceptors (Lipinski definition) is 5. The third kappa shape index (κ3) is 4.91. The lowest BCUT2D eigenvalue weighted by atomic mass is 10.1. The van der Waals surface area contributed by atoms with Gasteiger partial charge in [0.2, 0.25) is 0 Å². The van der Waals surface area contributed by atoms with Gasteiger partial charge in [0.15, 0.2) is 0 Å². The molecule has 29 heavy (non-hydrogen) atoms. The Morgan fingerprint density at radius 1 is 1.07 bits per heavy atom. The smallest absolute Gasteiger partial charge is 0.257 e. The summed E-state index contributed by atoms with van der Waals surface area (Å²) in [5.41, 5.74) is 3.15. The van der Waals surface area contributed by atoms with E-state index >= 15 is 0 Å². The van der Waals surface area contributed by atoms with Gasteiger partial charge in [-0.2, -0.15) is 0 Å². The maximum atomic E-state index is 12.7. The van der Waals surface area contributed by atoms with Gasteiger partial charge in [0.1, 0.15) is 5.82 Å². The van der Waals surface area contributed by atoms with Gasteiger partial charge in [0, 0.05) is 46.8 Å². The molecule has 0 aliphatic carbocycles. The number of nitrogens with zero attached hydrogens (tertiary/aromatic N) is 3. The summed E-state index contributed by atoms with van der Waals surface area (Å²) in [4.78, 5) is 23.9. The molecule has 1 amide bonds. The number of nitrogens with one attached hydrogen (secondary N) is 2. The van der Waals surface area contributed by atoms with Crippen LogP contribution in [0.4, 0.5) is 11.5 Å². The molecule has 148 valence electrons. The van der Waals surface area contributed by atoms with Gasteiger partial charge in [-0.15, -0.1) is 0 Å². The molecule has 0 atom stereocenters. The Morgan fingerprint density at radius 3 is 2.79 bits per heavy atom. The van der Waals surface area contributed by atoms with Crippen LogP contribution in [-0.2, 0) is 0 Å². The second-order valence-electron chi connectivity index (χ2n) is 6.86. The van der Waals surface area contributed by atoms with Gasteiger partial charge in [-0.05, 0) is 78.0 Å². The molecule has 4 rings (SSSR count). The predicted molar refractivity (Wildman–Crippen MR) is 124 cm³/mol. The quantitative estimate of drug-likeness (QED) is 0.535. The van der Waals surface area contributed by atoms with Crippen LogP contribution in [0, 0.1) is 3.57 Å². The summed E-state index contributed by atoms with van der Waals surface area (Å²) < 4.78 is 1.08. The molecule has 0 saturated carbocycles. The van der Waals surface area contributed by atoms with Crippen molar-refractivity contribution in [2.24, 2.45) is 0 Å². The number of halogens is 1. The highest BCUT2D eigenvalue weighted by Crippen LogP contribution is 2.27. The van der Waals surface area contributed by atoms with E-state index < -0.39 is 0 Å². The lowest BCUT2D eigenvalue weighted by Crippen LogP contribution is -2.28. The van der Waals surface area contributed by atoms with Gasteiger partial charge in [-0.3, -0.25) is 9.78 Å². The third-order valence-electron chi connectivity index (χ3n) is 4.84. The van der Waals surface area contributed by atoms with Crippen LogP contribution in [0.5, 0.6) is 0 Å². The van der Waals surface area contributed by atoms with Crippen molar-refractivity contribution in [3.63, 3.8) is 0 Å². The highest BCUT2D eigenvalue weighted by atomic mass is 127. The lowest BCUT2D eigenvalue weighted by Gasteiger charge is -2.21. The maximum absolute atomic E-state index is 12.7. The molecule has 1 fully saturated rings. The summed E-state index contributed by atoms with van der Waals surface area (Å²) in [6, 6.07) is 15.4. The predicted octanol–water partition coefficient (Wildman–Crippen LogP) is 3.80. The fraction of sp³-hybridized carbons (Fsp3) is 0.227. The van der Waals surface area contributed by atoms with Crippen molar-refractivity contribution in [2.45, 2.75) is 6.42 Å². The van der Waals surface area contributed by atoms with E-state index in [-0.39, 0.29) is 5.91 Å². The minimum absolute atomic E-state index is 0.172. The first kappa shape index (κ1) is 19.8. The van der Waals surface area contributed by atoms with Crippen molar-refractivity contribution in [3.05, 3.63) is 70.1 Å². The average Bonchev–Trinajstić information content (AvgIpc) is 3.05. The second-order valence-corrected chi connectivity index (χ2v) is 8.02. The van der Waals surface area contributed by atoms with Crippen molar-refractivity contribution < 1.29 is 4.79 Å². The van der Waals surface area contributed by atoms with Gasteiger partial charge in [0.05, 0.1) is 11.3 Å². The molecule has 1 aliphatic rings. The van der Waals surface area contributed by atoms with Crippen molar-refractivity contribution in [1.29, 1.82) is 0 Å². The number of pyridine rings is 2. The third-order valence-corrected chi connectivity index (χ3v) is 5.78. The monoisotopic (exact) mass is 499 g/mol. The topological polar surface area (TPSA) is 70.2 Å². The van der Waals surface area contributed by atoms with Gasteiger partial charge in [-0.1, -0.05) is 6.07 Å². The zero-order valence-corrected chi connectivity index (χ0v) is 18.1. The first-order valence-electron chi connectivity index (χ1n) is 9.65. The van der Waals surface area contributed by atoms with Crippen LogP contribution < -0.4 is 15.5 Å². The van der Waals surface area contributed by atoms with Gasteiger partial charge < -0.3 is 15.5 Å². The van der Waals surface area contributed by atoms with Crippen LogP contribution in [0.3, 0.4) is 0 Å². The number of amides is 1. The molecule has 2 N–H and O–H groups in total. The zero-order valence-electron chi connectivity index (χ0n) is 15.9. The summed E-state index contributed by atoms with van der Waals surface area (Å²) >= 11 is 2.28. The van der Waals surface area contributed by atoms with E-state index in [2.05, 4.69) is 48.1 Å². The first-order valence-corrected chi connectivity index (χ1v) is 10.7. The molecular weight excluding hydrogens is 477 g/mol. The summed E-state index contributed by atoms with van der Waals surface area (Å²) in [5, 5.41) is 6.36. The number of anilines is 2. The molecule has 3 heterocycles. The molecule has 6 nitrogen and oxygen atoms in total. The Hall–Kier alpha value is -2.52. The van der Waals surface area contributed by atoms with E-state index in [1.54, 1.807) is 12.4 Å². The summed E-state index contributed by atoms with van der Waals surface area (Å²) in [5.74, 6) is 0.742. The Kier molecular flexibility index (Phi) is 6.36. The lowest BCUT2D eigenvalue weighted by molar-refractivity contribution is 0.102. The Labute approximate surface area is 183 Å². The number of aromatic nitrogens is 2. The molecule has 0 unspecified atom stereocenters. The molecule has 3 aromatic rings. The zero-order chi connectivity index (χ0) is 20.1. The summed E-state index contributed by atoms with van der Waals surface area (Å²) in [6.45, 7) is 3.89.